The minimum absolute atomic E-state index is 0.0550. The Hall–Kier alpha value is -3.37. The number of rotatable bonds is 4. The number of hydrogen-bond acceptors (Lipinski definition) is 7. The second-order valence-corrected chi connectivity index (χ2v) is 8.95. The summed E-state index contributed by atoms with van der Waals surface area (Å²) in [6.07, 6.45) is 3.73. The molecule has 3 aromatic heterocycles. The molecule has 4 heterocycles. The maximum absolute atomic E-state index is 13.0. The van der Waals surface area contributed by atoms with Gasteiger partial charge in [0.15, 0.2) is 5.65 Å². The van der Waals surface area contributed by atoms with Crippen molar-refractivity contribution in [2.75, 3.05) is 13.1 Å². The van der Waals surface area contributed by atoms with E-state index in [0.717, 1.165) is 11.4 Å². The molecular formula is C22H22N6O3S. The average molecular weight is 451 g/mol. The fraction of sp³-hybridized carbons (Fsp3) is 0.318. The van der Waals surface area contributed by atoms with E-state index in [9.17, 15) is 14.7 Å². The maximum atomic E-state index is 13.0. The summed E-state index contributed by atoms with van der Waals surface area (Å²) >= 11 is 1.33. The molecule has 1 fully saturated rings. The van der Waals surface area contributed by atoms with E-state index in [1.807, 2.05) is 37.3 Å². The molecule has 1 N–H and O–H groups in total. The predicted molar refractivity (Wildman–Crippen MR) is 120 cm³/mol. The van der Waals surface area contributed by atoms with Gasteiger partial charge in [0.05, 0.1) is 35.2 Å². The van der Waals surface area contributed by atoms with Crippen molar-refractivity contribution < 1.29 is 9.90 Å². The van der Waals surface area contributed by atoms with Gasteiger partial charge in [0, 0.05) is 13.1 Å². The Morgan fingerprint density at radius 3 is 2.62 bits per heavy atom. The molecule has 0 spiro atoms. The van der Waals surface area contributed by atoms with Crippen LogP contribution in [0.15, 0.2) is 53.2 Å². The van der Waals surface area contributed by atoms with Crippen molar-refractivity contribution in [2.24, 2.45) is 0 Å². The van der Waals surface area contributed by atoms with Crippen molar-refractivity contribution in [3.05, 3.63) is 69.3 Å². The molecule has 9 nitrogen and oxygen atoms in total. The summed E-state index contributed by atoms with van der Waals surface area (Å²) in [6, 6.07) is 9.49. The van der Waals surface area contributed by atoms with E-state index in [2.05, 4.69) is 15.1 Å². The number of amides is 1. The van der Waals surface area contributed by atoms with Crippen LogP contribution in [-0.4, -0.2) is 58.9 Å². The molecule has 0 radical (unpaired) electrons. The highest BCUT2D eigenvalue weighted by Crippen LogP contribution is 2.26. The van der Waals surface area contributed by atoms with Crippen LogP contribution in [0.2, 0.25) is 0 Å². The largest absolute Gasteiger partial charge is 0.388 e. The zero-order valence-electron chi connectivity index (χ0n) is 17.5. The smallest absolute Gasteiger partial charge is 0.265 e. The summed E-state index contributed by atoms with van der Waals surface area (Å²) < 4.78 is 3.06. The Morgan fingerprint density at radius 2 is 1.94 bits per heavy atom. The molecule has 1 aliphatic heterocycles. The first-order chi connectivity index (χ1) is 15.5. The summed E-state index contributed by atoms with van der Waals surface area (Å²) in [7, 11) is 0. The zero-order valence-corrected chi connectivity index (χ0v) is 18.3. The number of hydrogen-bond donors (Lipinski definition) is 1. The van der Waals surface area contributed by atoms with Crippen LogP contribution in [0, 0.1) is 6.92 Å². The van der Waals surface area contributed by atoms with Crippen molar-refractivity contribution >= 4 is 28.3 Å². The second-order valence-electron chi connectivity index (χ2n) is 8.09. The summed E-state index contributed by atoms with van der Waals surface area (Å²) in [6.45, 7) is 2.78. The predicted octanol–water partition coefficient (Wildman–Crippen LogP) is 2.01. The van der Waals surface area contributed by atoms with E-state index < -0.39 is 5.60 Å². The van der Waals surface area contributed by atoms with Gasteiger partial charge >= 0.3 is 0 Å². The van der Waals surface area contributed by atoms with E-state index in [4.69, 9.17) is 0 Å². The second kappa shape index (κ2) is 7.95. The molecule has 10 heteroatoms. The Labute approximate surface area is 187 Å². The summed E-state index contributed by atoms with van der Waals surface area (Å²) in [4.78, 5) is 36.7. The van der Waals surface area contributed by atoms with Crippen molar-refractivity contribution in [2.45, 2.75) is 31.9 Å². The summed E-state index contributed by atoms with van der Waals surface area (Å²) in [5.74, 6) is -0.0550. The number of benzene rings is 1. The Kier molecular flexibility index (Phi) is 5.10. The standard InChI is InChI=1S/C22H22N6O3S/c1-15-18(32-14-24-15)21(30)26-9-7-22(31,8-10-26)12-27-13-23-19-17(20(27)29)11-25-28(19)16-5-3-2-4-6-16/h2-6,11,13-14,31H,7-10,12H2,1H3. The lowest BCUT2D eigenvalue weighted by Gasteiger charge is -2.38. The van der Waals surface area contributed by atoms with Crippen LogP contribution in [0.5, 0.6) is 0 Å². The van der Waals surface area contributed by atoms with Gasteiger partial charge in [-0.1, -0.05) is 18.2 Å². The molecule has 1 aromatic carbocycles. The number of fused-ring (bicyclic) bond motifs is 1. The lowest BCUT2D eigenvalue weighted by Crippen LogP contribution is -2.49. The van der Waals surface area contributed by atoms with Gasteiger partial charge in [0.25, 0.3) is 11.5 Å². The van der Waals surface area contributed by atoms with Crippen LogP contribution < -0.4 is 5.56 Å². The van der Waals surface area contributed by atoms with Gasteiger partial charge in [-0.05, 0) is 31.9 Å². The third-order valence-corrected chi connectivity index (χ3v) is 6.86. The van der Waals surface area contributed by atoms with Gasteiger partial charge in [0.2, 0.25) is 0 Å². The molecule has 1 aliphatic rings. The fourth-order valence-electron chi connectivity index (χ4n) is 4.07. The van der Waals surface area contributed by atoms with Crippen molar-refractivity contribution in [3.8, 4) is 5.69 Å². The number of aromatic nitrogens is 5. The molecule has 5 rings (SSSR count). The van der Waals surface area contributed by atoms with E-state index in [-0.39, 0.29) is 18.0 Å². The number of nitrogens with zero attached hydrogens (tertiary/aromatic N) is 6. The minimum Gasteiger partial charge on any atom is -0.388 e. The lowest BCUT2D eigenvalue weighted by molar-refractivity contribution is -0.0298. The van der Waals surface area contributed by atoms with Gasteiger partial charge in [-0.2, -0.15) is 5.10 Å². The number of aliphatic hydroxyl groups is 1. The third-order valence-electron chi connectivity index (χ3n) is 5.94. The van der Waals surface area contributed by atoms with Crippen LogP contribution in [-0.2, 0) is 6.54 Å². The topological polar surface area (TPSA) is 106 Å². The maximum Gasteiger partial charge on any atom is 0.265 e. The first-order valence-corrected chi connectivity index (χ1v) is 11.2. The number of likely N-dealkylation sites (tertiary alicyclic amines) is 1. The average Bonchev–Trinajstić information content (AvgIpc) is 3.43. The van der Waals surface area contributed by atoms with Gasteiger partial charge in [-0.3, -0.25) is 14.2 Å². The summed E-state index contributed by atoms with van der Waals surface area (Å²) in [5, 5.41) is 15.9. The number of para-hydroxylation sites is 1. The Morgan fingerprint density at radius 1 is 1.19 bits per heavy atom. The molecule has 0 saturated carbocycles. The van der Waals surface area contributed by atoms with Crippen LogP contribution >= 0.6 is 11.3 Å². The minimum atomic E-state index is -1.09. The first kappa shape index (κ1) is 20.5. The van der Waals surface area contributed by atoms with Crippen molar-refractivity contribution in [1.82, 2.24) is 29.2 Å². The molecule has 1 amide bonds. The lowest BCUT2D eigenvalue weighted by atomic mass is 9.91. The summed E-state index contributed by atoms with van der Waals surface area (Å²) in [5.41, 5.74) is 2.35. The molecule has 4 aromatic rings. The van der Waals surface area contributed by atoms with Crippen LogP contribution in [0.4, 0.5) is 0 Å². The zero-order chi connectivity index (χ0) is 22.3. The quantitative estimate of drug-likeness (QED) is 0.510. The van der Waals surface area contributed by atoms with Gasteiger partial charge < -0.3 is 10.0 Å². The molecular weight excluding hydrogens is 428 g/mol. The molecule has 0 aliphatic carbocycles. The van der Waals surface area contributed by atoms with E-state index in [0.29, 0.717) is 41.8 Å². The highest BCUT2D eigenvalue weighted by atomic mass is 32.1. The number of thiazole rings is 1. The molecule has 0 atom stereocenters. The number of aryl methyl sites for hydroxylation is 1. The number of carbonyl (C=O) groups excluding carboxylic acids is 1. The first-order valence-electron chi connectivity index (χ1n) is 10.4. The van der Waals surface area contributed by atoms with Gasteiger partial charge in [0.1, 0.15) is 16.6 Å². The normalized spacial score (nSPS) is 15.9. The fourth-order valence-corrected chi connectivity index (χ4v) is 4.84. The Bertz CT molecular complexity index is 1330. The Balaban J connectivity index is 1.34. The molecule has 164 valence electrons. The van der Waals surface area contributed by atoms with Gasteiger partial charge in [-0.25, -0.2) is 14.6 Å². The SMILES string of the molecule is Cc1ncsc1C(=O)N1CCC(O)(Cn2cnc3c(cnn3-c3ccccc3)c2=O)CC1. The van der Waals surface area contributed by atoms with Crippen LogP contribution in [0.1, 0.15) is 28.2 Å². The van der Waals surface area contributed by atoms with E-state index in [1.54, 1.807) is 15.1 Å². The number of carbonyl (C=O) groups is 1. The van der Waals surface area contributed by atoms with E-state index in [1.165, 1.54) is 28.4 Å². The third kappa shape index (κ3) is 3.61. The molecule has 0 unspecified atom stereocenters. The highest BCUT2D eigenvalue weighted by molar-refractivity contribution is 7.11. The van der Waals surface area contributed by atoms with Crippen LogP contribution in [0.3, 0.4) is 0 Å². The molecule has 0 bridgehead atoms. The highest BCUT2D eigenvalue weighted by Gasteiger charge is 2.35. The van der Waals surface area contributed by atoms with Crippen molar-refractivity contribution in [1.29, 1.82) is 0 Å². The van der Waals surface area contributed by atoms with Crippen molar-refractivity contribution in [3.63, 3.8) is 0 Å². The monoisotopic (exact) mass is 450 g/mol. The van der Waals surface area contributed by atoms with Crippen LogP contribution in [0.25, 0.3) is 16.7 Å². The number of piperidine rings is 1. The van der Waals surface area contributed by atoms with E-state index >= 15 is 0 Å². The van der Waals surface area contributed by atoms with Gasteiger partial charge in [-0.15, -0.1) is 11.3 Å². The molecule has 1 saturated heterocycles. The molecule has 32 heavy (non-hydrogen) atoms.